The van der Waals surface area contributed by atoms with Crippen molar-refractivity contribution in [2.75, 3.05) is 37.8 Å². The zero-order chi connectivity index (χ0) is 26.3. The van der Waals surface area contributed by atoms with Gasteiger partial charge in [0.1, 0.15) is 18.1 Å². The lowest BCUT2D eigenvalue weighted by molar-refractivity contribution is -0.138. The van der Waals surface area contributed by atoms with E-state index in [0.717, 1.165) is 4.90 Å². The number of hydrogen-bond donors (Lipinski definition) is 8. The first-order valence-corrected chi connectivity index (χ1v) is 11.2. The second-order valence-corrected chi connectivity index (χ2v) is 7.53. The van der Waals surface area contributed by atoms with Gasteiger partial charge < -0.3 is 37.2 Å². The normalized spacial score (nSPS) is 12.9. The maximum Gasteiger partial charge on any atom is 0.248 e. The van der Waals surface area contributed by atoms with Gasteiger partial charge in [0.25, 0.3) is 0 Å². The highest BCUT2D eigenvalue weighted by molar-refractivity contribution is 7.80. The summed E-state index contributed by atoms with van der Waals surface area (Å²) < 4.78 is 0. The Hall–Kier alpha value is -2.85. The highest BCUT2D eigenvalue weighted by atomic mass is 32.1. The van der Waals surface area contributed by atoms with Crippen LogP contribution >= 0.6 is 25.3 Å². The maximum atomic E-state index is 13.0. The van der Waals surface area contributed by atoms with Crippen LogP contribution in [-0.2, 0) is 33.6 Å². The summed E-state index contributed by atoms with van der Waals surface area (Å²) in [6, 6.07) is -3.53. The first kappa shape index (κ1) is 31.1. The standard InChI is InChI=1S/C18H30N7O7S2/c1-10(27)20-4-12(6-26)25(9-22-11(2)28)18(32)14(8-34)24-16(30)5-21-17(31)13(7-33)23-15(29)3-19/h12-14,33-34H,3-5,7-9,19H2,1-2H3,(H,20,27)(H,21,31)(H,22,28)(H,23,29)(H,24,30)/t12-,13?,14+/m0/s1. The smallest absolute Gasteiger partial charge is 0.248 e. The Labute approximate surface area is 207 Å². The molecule has 3 atom stereocenters. The lowest BCUT2D eigenvalue weighted by Gasteiger charge is -2.31. The summed E-state index contributed by atoms with van der Waals surface area (Å²) in [5.41, 5.74) is 5.18. The van der Waals surface area contributed by atoms with Crippen LogP contribution in [0.3, 0.4) is 0 Å². The Morgan fingerprint density at radius 1 is 0.882 bits per heavy atom. The van der Waals surface area contributed by atoms with Gasteiger partial charge in [0.2, 0.25) is 41.7 Å². The van der Waals surface area contributed by atoms with Crippen molar-refractivity contribution in [2.24, 2.45) is 5.73 Å². The molecule has 0 rings (SSSR count). The van der Waals surface area contributed by atoms with Crippen molar-refractivity contribution >= 4 is 67.0 Å². The highest BCUT2D eigenvalue weighted by Crippen LogP contribution is 2.03. The van der Waals surface area contributed by atoms with E-state index in [1.807, 2.05) is 0 Å². The minimum Gasteiger partial charge on any atom is -0.354 e. The molecule has 16 heteroatoms. The Morgan fingerprint density at radius 2 is 1.44 bits per heavy atom. The van der Waals surface area contributed by atoms with Crippen LogP contribution in [0.4, 0.5) is 0 Å². The highest BCUT2D eigenvalue weighted by Gasteiger charge is 2.31. The molecule has 7 N–H and O–H groups in total. The third-order valence-electron chi connectivity index (χ3n) is 4.10. The summed E-state index contributed by atoms with van der Waals surface area (Å²) in [6.45, 7) is 0.874. The molecule has 1 unspecified atom stereocenters. The van der Waals surface area contributed by atoms with E-state index in [2.05, 4.69) is 51.8 Å². The minimum absolute atomic E-state index is 0.0487. The van der Waals surface area contributed by atoms with Gasteiger partial charge in [0.05, 0.1) is 19.8 Å². The van der Waals surface area contributed by atoms with Crippen molar-refractivity contribution in [1.29, 1.82) is 0 Å². The van der Waals surface area contributed by atoms with Crippen LogP contribution in [0.5, 0.6) is 0 Å². The summed E-state index contributed by atoms with van der Waals surface area (Å²) in [4.78, 5) is 83.6. The second-order valence-electron chi connectivity index (χ2n) is 6.80. The monoisotopic (exact) mass is 520 g/mol. The molecule has 1 radical (unpaired) electrons. The molecule has 191 valence electrons. The van der Waals surface area contributed by atoms with Crippen LogP contribution < -0.4 is 32.3 Å². The third-order valence-corrected chi connectivity index (χ3v) is 4.83. The SMILES string of the molecule is CC(=O)NC[C@@H]([C]=O)N(CNC(C)=O)C(=O)[C@@H](CS)NC(=O)CNC(=O)C(CS)NC(=O)CN. The number of carbonyl (C=O) groups is 6. The molecule has 6 amide bonds. The molecule has 0 aromatic rings. The van der Waals surface area contributed by atoms with Gasteiger partial charge in [-0.25, -0.2) is 0 Å². The quantitative estimate of drug-likeness (QED) is 0.0776. The molecule has 0 aliphatic heterocycles. The molecule has 34 heavy (non-hydrogen) atoms. The third kappa shape index (κ3) is 11.9. The van der Waals surface area contributed by atoms with Crippen LogP contribution in [0, 0.1) is 0 Å². The number of rotatable bonds is 15. The summed E-state index contributed by atoms with van der Waals surface area (Å²) in [6.07, 6.45) is 1.62. The molecule has 0 saturated heterocycles. The van der Waals surface area contributed by atoms with Crippen molar-refractivity contribution < 1.29 is 33.6 Å². The van der Waals surface area contributed by atoms with Crippen LogP contribution in [0.15, 0.2) is 0 Å². The Kier molecular flexibility index (Phi) is 15.3. The molecular formula is C18H30N7O7S2. The van der Waals surface area contributed by atoms with Crippen LogP contribution in [-0.4, -0.2) is 103 Å². The summed E-state index contributed by atoms with van der Waals surface area (Å²) in [7, 11) is 0. The molecule has 0 aliphatic carbocycles. The van der Waals surface area contributed by atoms with E-state index in [4.69, 9.17) is 5.73 Å². The van der Waals surface area contributed by atoms with Crippen LogP contribution in [0.2, 0.25) is 0 Å². The Morgan fingerprint density at radius 3 is 1.91 bits per heavy atom. The summed E-state index contributed by atoms with van der Waals surface area (Å²) in [5, 5.41) is 11.7. The van der Waals surface area contributed by atoms with E-state index in [0.29, 0.717) is 0 Å². The molecule has 0 bridgehead atoms. The summed E-state index contributed by atoms with van der Waals surface area (Å²) >= 11 is 8.01. The Balaban J connectivity index is 5.23. The lowest BCUT2D eigenvalue weighted by atomic mass is 10.2. The van der Waals surface area contributed by atoms with Gasteiger partial charge in [0.15, 0.2) is 0 Å². The molecule has 0 aliphatic rings. The topological polar surface area (TPSA) is 209 Å². The fourth-order valence-electron chi connectivity index (χ4n) is 2.36. The lowest BCUT2D eigenvalue weighted by Crippen LogP contribution is -2.59. The fraction of sp³-hybridized carbons (Fsp3) is 0.611. The number of amides is 6. The maximum absolute atomic E-state index is 13.0. The molecule has 0 aromatic carbocycles. The number of thiol groups is 2. The van der Waals surface area contributed by atoms with Gasteiger partial charge in [-0.2, -0.15) is 25.3 Å². The fourth-order valence-corrected chi connectivity index (χ4v) is 2.87. The van der Waals surface area contributed by atoms with Gasteiger partial charge in [-0.15, -0.1) is 0 Å². The Bertz CT molecular complexity index is 769. The van der Waals surface area contributed by atoms with Crippen LogP contribution in [0.1, 0.15) is 13.8 Å². The molecular weight excluding hydrogens is 490 g/mol. The minimum atomic E-state index is -1.26. The molecule has 0 fully saturated rings. The number of hydrogen-bond acceptors (Lipinski definition) is 10. The van der Waals surface area contributed by atoms with Crippen LogP contribution in [0.25, 0.3) is 0 Å². The molecule has 0 heterocycles. The predicted octanol–water partition coefficient (Wildman–Crippen LogP) is -4.57. The van der Waals surface area contributed by atoms with Gasteiger partial charge in [-0.3, -0.25) is 33.6 Å². The van der Waals surface area contributed by atoms with Crippen molar-refractivity contribution in [3.05, 3.63) is 0 Å². The van der Waals surface area contributed by atoms with E-state index in [-0.39, 0.29) is 24.6 Å². The number of carbonyl (C=O) groups excluding carboxylic acids is 7. The van der Waals surface area contributed by atoms with E-state index in [9.17, 15) is 33.6 Å². The van der Waals surface area contributed by atoms with Gasteiger partial charge in [-0.1, -0.05) is 0 Å². The zero-order valence-corrected chi connectivity index (χ0v) is 20.5. The van der Waals surface area contributed by atoms with E-state index >= 15 is 0 Å². The molecule has 0 saturated carbocycles. The van der Waals surface area contributed by atoms with Crippen molar-refractivity contribution in [1.82, 2.24) is 31.5 Å². The van der Waals surface area contributed by atoms with E-state index in [1.54, 1.807) is 6.29 Å². The van der Waals surface area contributed by atoms with Crippen molar-refractivity contribution in [2.45, 2.75) is 32.0 Å². The summed E-state index contributed by atoms with van der Waals surface area (Å²) in [5.74, 6) is -4.01. The van der Waals surface area contributed by atoms with Crippen molar-refractivity contribution in [3.63, 3.8) is 0 Å². The first-order chi connectivity index (χ1) is 16.0. The second kappa shape index (κ2) is 16.7. The molecule has 14 nitrogen and oxygen atoms in total. The van der Waals surface area contributed by atoms with Gasteiger partial charge >= 0.3 is 0 Å². The van der Waals surface area contributed by atoms with E-state index in [1.165, 1.54) is 13.8 Å². The number of nitrogens with one attached hydrogen (secondary N) is 5. The molecule has 0 aromatic heterocycles. The average Bonchev–Trinajstić information content (AvgIpc) is 2.80. The van der Waals surface area contributed by atoms with Crippen molar-refractivity contribution in [3.8, 4) is 0 Å². The van der Waals surface area contributed by atoms with Gasteiger partial charge in [-0.05, 0) is 0 Å². The largest absolute Gasteiger partial charge is 0.354 e. The molecule has 0 spiro atoms. The first-order valence-electron chi connectivity index (χ1n) is 9.95. The van der Waals surface area contributed by atoms with E-state index < -0.39 is 66.8 Å². The number of nitrogens with zero attached hydrogens (tertiary/aromatic N) is 1. The van der Waals surface area contributed by atoms with Gasteiger partial charge in [0, 0.05) is 31.9 Å². The predicted molar refractivity (Wildman–Crippen MR) is 127 cm³/mol. The number of nitrogens with two attached hydrogens (primary N) is 1. The average molecular weight is 521 g/mol. The zero-order valence-electron chi connectivity index (χ0n) is 18.8.